The van der Waals surface area contributed by atoms with E-state index in [1.807, 2.05) is 0 Å². The highest BCUT2D eigenvalue weighted by molar-refractivity contribution is 7.91. The number of hydrogen-bond donors (Lipinski definition) is 2. The molecule has 28 heavy (non-hydrogen) atoms. The number of hydrogen-bond acceptors (Lipinski definition) is 5. The van der Waals surface area contributed by atoms with Crippen molar-refractivity contribution < 1.29 is 22.7 Å². The van der Waals surface area contributed by atoms with E-state index in [0.29, 0.717) is 11.4 Å². The Bertz CT molecular complexity index is 1110. The van der Waals surface area contributed by atoms with E-state index in [1.165, 1.54) is 36.5 Å². The highest BCUT2D eigenvalue weighted by atomic mass is 32.2. The van der Waals surface area contributed by atoms with Crippen LogP contribution in [0.15, 0.2) is 58.6 Å². The summed E-state index contributed by atoms with van der Waals surface area (Å²) in [6, 6.07) is 9.95. The second-order valence-corrected chi connectivity index (χ2v) is 7.85. The van der Waals surface area contributed by atoms with Crippen LogP contribution >= 0.6 is 0 Å². The van der Waals surface area contributed by atoms with Gasteiger partial charge in [0, 0.05) is 24.9 Å². The van der Waals surface area contributed by atoms with Crippen LogP contribution in [0.3, 0.4) is 0 Å². The molecule has 0 radical (unpaired) electrons. The van der Waals surface area contributed by atoms with Gasteiger partial charge < -0.3 is 10.4 Å². The first-order valence-corrected chi connectivity index (χ1v) is 9.76. The summed E-state index contributed by atoms with van der Waals surface area (Å²) >= 11 is 0. The molecule has 2 aromatic heterocycles. The molecule has 0 aliphatic carbocycles. The molecule has 0 bridgehead atoms. The van der Waals surface area contributed by atoms with E-state index in [-0.39, 0.29) is 28.6 Å². The van der Waals surface area contributed by atoms with E-state index in [2.05, 4.69) is 15.4 Å². The van der Waals surface area contributed by atoms with Gasteiger partial charge in [0.05, 0.1) is 10.6 Å². The van der Waals surface area contributed by atoms with Gasteiger partial charge in [0.1, 0.15) is 11.5 Å². The van der Waals surface area contributed by atoms with Gasteiger partial charge in [0.2, 0.25) is 9.84 Å². The zero-order chi connectivity index (χ0) is 20.3. The number of pyridine rings is 1. The summed E-state index contributed by atoms with van der Waals surface area (Å²) in [6.07, 6.45) is 0.171. The SMILES string of the molecule is Cc1ccc(S(=O)(=O)c2cc(CCNC(=O)O)nn2-c2ccccc2F)cn1. The molecule has 0 atom stereocenters. The number of aryl methyl sites for hydroxylation is 1. The zero-order valence-electron chi connectivity index (χ0n) is 14.8. The average Bonchev–Trinajstić information content (AvgIpc) is 3.07. The summed E-state index contributed by atoms with van der Waals surface area (Å²) in [7, 11) is -4.04. The van der Waals surface area contributed by atoms with E-state index >= 15 is 0 Å². The normalized spacial score (nSPS) is 11.4. The molecule has 0 saturated carbocycles. The third kappa shape index (κ3) is 4.01. The molecule has 3 rings (SSSR count). The van der Waals surface area contributed by atoms with Crippen LogP contribution in [0.2, 0.25) is 0 Å². The molecule has 0 aliphatic heterocycles. The van der Waals surface area contributed by atoms with Crippen LogP contribution in [-0.4, -0.2) is 40.9 Å². The summed E-state index contributed by atoms with van der Waals surface area (Å²) in [4.78, 5) is 14.6. The van der Waals surface area contributed by atoms with Crippen LogP contribution in [0.1, 0.15) is 11.4 Å². The summed E-state index contributed by atoms with van der Waals surface area (Å²) in [6.45, 7) is 1.77. The lowest BCUT2D eigenvalue weighted by Gasteiger charge is -2.09. The molecule has 2 N–H and O–H groups in total. The van der Waals surface area contributed by atoms with Gasteiger partial charge in [-0.2, -0.15) is 5.10 Å². The number of aromatic nitrogens is 3. The van der Waals surface area contributed by atoms with Gasteiger partial charge in [0.15, 0.2) is 5.03 Å². The molecule has 1 aromatic carbocycles. The van der Waals surface area contributed by atoms with Crippen molar-refractivity contribution in [2.24, 2.45) is 0 Å². The van der Waals surface area contributed by atoms with E-state index in [9.17, 15) is 17.6 Å². The second kappa shape index (κ2) is 7.77. The summed E-state index contributed by atoms with van der Waals surface area (Å²) in [5, 5.41) is 14.8. The maximum Gasteiger partial charge on any atom is 0.404 e. The van der Waals surface area contributed by atoms with Gasteiger partial charge in [0.25, 0.3) is 0 Å². The van der Waals surface area contributed by atoms with Crippen LogP contribution in [-0.2, 0) is 16.3 Å². The Kier molecular flexibility index (Phi) is 5.41. The summed E-state index contributed by atoms with van der Waals surface area (Å²) in [5.41, 5.74) is 0.927. The number of para-hydroxylation sites is 1. The fourth-order valence-corrected chi connectivity index (χ4v) is 3.89. The van der Waals surface area contributed by atoms with Crippen molar-refractivity contribution in [1.29, 1.82) is 0 Å². The monoisotopic (exact) mass is 404 g/mol. The lowest BCUT2D eigenvalue weighted by atomic mass is 10.3. The van der Waals surface area contributed by atoms with E-state index in [4.69, 9.17) is 5.11 Å². The quantitative estimate of drug-likeness (QED) is 0.652. The Hall–Kier alpha value is -3.27. The molecule has 0 spiro atoms. The van der Waals surface area contributed by atoms with E-state index in [0.717, 1.165) is 4.68 Å². The first kappa shape index (κ1) is 19.5. The Balaban J connectivity index is 2.10. The van der Waals surface area contributed by atoms with E-state index in [1.54, 1.807) is 19.1 Å². The number of carbonyl (C=O) groups is 1. The highest BCUT2D eigenvalue weighted by Gasteiger charge is 2.26. The smallest absolute Gasteiger partial charge is 0.404 e. The number of nitrogens with one attached hydrogen (secondary N) is 1. The van der Waals surface area contributed by atoms with Gasteiger partial charge in [-0.3, -0.25) is 4.98 Å². The van der Waals surface area contributed by atoms with Gasteiger partial charge in [-0.15, -0.1) is 0 Å². The van der Waals surface area contributed by atoms with Gasteiger partial charge in [-0.25, -0.2) is 22.3 Å². The minimum Gasteiger partial charge on any atom is -0.465 e. The highest BCUT2D eigenvalue weighted by Crippen LogP contribution is 2.25. The van der Waals surface area contributed by atoms with Crippen LogP contribution in [0.5, 0.6) is 0 Å². The largest absolute Gasteiger partial charge is 0.465 e. The number of carboxylic acid groups (broad SMARTS) is 1. The Morgan fingerprint density at radius 2 is 2.00 bits per heavy atom. The summed E-state index contributed by atoms with van der Waals surface area (Å²) in [5.74, 6) is -0.640. The minimum atomic E-state index is -4.04. The number of sulfone groups is 1. The first-order chi connectivity index (χ1) is 13.3. The van der Waals surface area contributed by atoms with E-state index < -0.39 is 21.7 Å². The van der Waals surface area contributed by atoms with Crippen molar-refractivity contribution in [1.82, 2.24) is 20.1 Å². The second-order valence-electron chi connectivity index (χ2n) is 5.96. The van der Waals surface area contributed by atoms with Crippen molar-refractivity contribution in [2.45, 2.75) is 23.3 Å². The Labute approximate surface area is 160 Å². The molecule has 0 saturated heterocycles. The fourth-order valence-electron chi connectivity index (χ4n) is 2.55. The van der Waals surface area contributed by atoms with Crippen molar-refractivity contribution in [3.8, 4) is 5.69 Å². The van der Waals surface area contributed by atoms with Crippen molar-refractivity contribution in [3.05, 3.63) is 65.9 Å². The lowest BCUT2D eigenvalue weighted by molar-refractivity contribution is 0.194. The summed E-state index contributed by atoms with van der Waals surface area (Å²) < 4.78 is 41.5. The maximum atomic E-state index is 14.3. The number of benzene rings is 1. The number of nitrogens with zero attached hydrogens (tertiary/aromatic N) is 3. The average molecular weight is 404 g/mol. The fraction of sp³-hybridized carbons (Fsp3) is 0.167. The number of halogens is 1. The molecule has 3 aromatic rings. The van der Waals surface area contributed by atoms with Crippen molar-refractivity contribution in [2.75, 3.05) is 6.54 Å². The third-order valence-electron chi connectivity index (χ3n) is 3.94. The molecule has 146 valence electrons. The van der Waals surface area contributed by atoms with Crippen molar-refractivity contribution >= 4 is 15.9 Å². The topological polar surface area (TPSA) is 114 Å². The van der Waals surface area contributed by atoms with Gasteiger partial charge in [-0.1, -0.05) is 12.1 Å². The van der Waals surface area contributed by atoms with Crippen LogP contribution in [0, 0.1) is 12.7 Å². The maximum absolute atomic E-state index is 14.3. The number of rotatable bonds is 6. The molecular weight excluding hydrogens is 387 g/mol. The van der Waals surface area contributed by atoms with Crippen molar-refractivity contribution in [3.63, 3.8) is 0 Å². The minimum absolute atomic E-state index is 0.0291. The molecule has 0 fully saturated rings. The molecule has 10 heteroatoms. The molecule has 8 nitrogen and oxygen atoms in total. The standard InChI is InChI=1S/C18H17FN4O4S/c1-12-6-7-14(11-21-12)28(26,27)17-10-13(8-9-20-18(24)25)22-23(17)16-5-3-2-4-15(16)19/h2-7,10-11,20H,8-9H2,1H3,(H,24,25). The predicted molar refractivity (Wildman–Crippen MR) is 97.7 cm³/mol. The Morgan fingerprint density at radius 1 is 1.25 bits per heavy atom. The molecule has 1 amide bonds. The Morgan fingerprint density at radius 3 is 2.64 bits per heavy atom. The molecule has 2 heterocycles. The zero-order valence-corrected chi connectivity index (χ0v) is 15.6. The van der Waals surface area contributed by atoms with Crippen LogP contribution < -0.4 is 5.32 Å². The molecule has 0 aliphatic rings. The van der Waals surface area contributed by atoms with Crippen LogP contribution in [0.4, 0.5) is 9.18 Å². The predicted octanol–water partition coefficient (Wildman–Crippen LogP) is 2.36. The number of amides is 1. The van der Waals surface area contributed by atoms with Gasteiger partial charge in [-0.05, 0) is 37.3 Å². The molecule has 0 unspecified atom stereocenters. The first-order valence-electron chi connectivity index (χ1n) is 8.27. The van der Waals surface area contributed by atoms with Gasteiger partial charge >= 0.3 is 6.09 Å². The third-order valence-corrected chi connectivity index (χ3v) is 5.64. The lowest BCUT2D eigenvalue weighted by Crippen LogP contribution is -2.23. The van der Waals surface area contributed by atoms with Crippen LogP contribution in [0.25, 0.3) is 5.69 Å². The molecular formula is C18H17FN4O4S.